The monoisotopic (exact) mass is 308 g/mol. The Morgan fingerprint density at radius 3 is 2.76 bits per heavy atom. The van der Waals surface area contributed by atoms with Crippen molar-refractivity contribution in [3.8, 4) is 0 Å². The van der Waals surface area contributed by atoms with Crippen LogP contribution in [-0.4, -0.2) is 11.5 Å². The summed E-state index contributed by atoms with van der Waals surface area (Å²) in [5.74, 6) is 0.601. The topological polar surface area (TPSA) is 38.1 Å². The fourth-order valence-corrected chi connectivity index (χ4v) is 3.14. The number of hydrogen-bond donors (Lipinski definition) is 1. The summed E-state index contributed by atoms with van der Waals surface area (Å²) in [5, 5.41) is 3.88. The fraction of sp³-hybridized carbons (Fsp3) is 0.438. The maximum absolute atomic E-state index is 14.2. The standard InChI is InChI=1S/C16H21FN2OS/c1-5-9-18-11(3)15-13(17)7-6-8-14(15)21-16-19-10(2)12(4)20-16/h6-8,11,18H,5,9H2,1-4H3. The number of oxazole rings is 1. The van der Waals surface area contributed by atoms with Crippen LogP contribution in [0.15, 0.2) is 32.7 Å². The van der Waals surface area contributed by atoms with Gasteiger partial charge in [0.1, 0.15) is 11.6 Å². The summed E-state index contributed by atoms with van der Waals surface area (Å²) >= 11 is 1.37. The van der Waals surface area contributed by atoms with Gasteiger partial charge >= 0.3 is 0 Å². The molecule has 0 aliphatic heterocycles. The summed E-state index contributed by atoms with van der Waals surface area (Å²) < 4.78 is 19.8. The van der Waals surface area contributed by atoms with Gasteiger partial charge in [0.15, 0.2) is 0 Å². The molecule has 0 amide bonds. The number of nitrogens with zero attached hydrogens (tertiary/aromatic N) is 1. The molecule has 0 aliphatic rings. The summed E-state index contributed by atoms with van der Waals surface area (Å²) in [6, 6.07) is 5.07. The van der Waals surface area contributed by atoms with E-state index in [1.165, 1.54) is 17.8 Å². The van der Waals surface area contributed by atoms with Gasteiger partial charge in [0.05, 0.1) is 5.69 Å². The summed E-state index contributed by atoms with van der Waals surface area (Å²) in [7, 11) is 0. The zero-order valence-electron chi connectivity index (χ0n) is 12.9. The Kier molecular flexibility index (Phi) is 5.42. The van der Waals surface area contributed by atoms with Gasteiger partial charge in [-0.25, -0.2) is 9.37 Å². The predicted octanol–water partition coefficient (Wildman–Crippen LogP) is 4.64. The van der Waals surface area contributed by atoms with E-state index < -0.39 is 0 Å². The molecule has 3 nitrogen and oxygen atoms in total. The molecule has 1 N–H and O–H groups in total. The van der Waals surface area contributed by atoms with E-state index in [1.54, 1.807) is 6.07 Å². The zero-order chi connectivity index (χ0) is 15.4. The molecular formula is C16H21FN2OS. The third kappa shape index (κ3) is 3.86. The van der Waals surface area contributed by atoms with Gasteiger partial charge in [-0.3, -0.25) is 0 Å². The Balaban J connectivity index is 2.28. The molecule has 0 fully saturated rings. The van der Waals surface area contributed by atoms with Crippen LogP contribution in [-0.2, 0) is 0 Å². The maximum Gasteiger partial charge on any atom is 0.261 e. The van der Waals surface area contributed by atoms with E-state index >= 15 is 0 Å². The van der Waals surface area contributed by atoms with Gasteiger partial charge in [0, 0.05) is 16.5 Å². The van der Waals surface area contributed by atoms with Crippen LogP contribution in [0.2, 0.25) is 0 Å². The Hall–Kier alpha value is -1.33. The van der Waals surface area contributed by atoms with Gasteiger partial charge in [-0.1, -0.05) is 13.0 Å². The van der Waals surface area contributed by atoms with Crippen molar-refractivity contribution in [2.24, 2.45) is 0 Å². The fourth-order valence-electron chi connectivity index (χ4n) is 2.07. The summed E-state index contributed by atoms with van der Waals surface area (Å²) in [5.41, 5.74) is 1.54. The van der Waals surface area contributed by atoms with E-state index in [-0.39, 0.29) is 11.9 Å². The van der Waals surface area contributed by atoms with Crippen molar-refractivity contribution in [1.29, 1.82) is 0 Å². The van der Waals surface area contributed by atoms with Crippen molar-refractivity contribution in [2.75, 3.05) is 6.54 Å². The molecule has 0 saturated carbocycles. The molecule has 2 aromatic rings. The highest BCUT2D eigenvalue weighted by Crippen LogP contribution is 2.35. The lowest BCUT2D eigenvalue weighted by Gasteiger charge is -2.17. The molecule has 0 radical (unpaired) electrons. The van der Waals surface area contributed by atoms with Crippen molar-refractivity contribution in [2.45, 2.75) is 50.3 Å². The van der Waals surface area contributed by atoms with Crippen LogP contribution in [0.4, 0.5) is 4.39 Å². The Labute approximate surface area is 129 Å². The molecule has 0 saturated heterocycles. The largest absolute Gasteiger partial charge is 0.436 e. The van der Waals surface area contributed by atoms with E-state index in [9.17, 15) is 4.39 Å². The average molecular weight is 308 g/mol. The van der Waals surface area contributed by atoms with Gasteiger partial charge in [0.2, 0.25) is 0 Å². The van der Waals surface area contributed by atoms with Crippen LogP contribution in [0.3, 0.4) is 0 Å². The first-order chi connectivity index (χ1) is 10.0. The number of aryl methyl sites for hydroxylation is 2. The zero-order valence-corrected chi connectivity index (χ0v) is 13.7. The molecule has 0 spiro atoms. The lowest BCUT2D eigenvalue weighted by atomic mass is 10.1. The molecule has 1 atom stereocenters. The average Bonchev–Trinajstić information content (AvgIpc) is 2.75. The molecule has 1 heterocycles. The molecule has 114 valence electrons. The van der Waals surface area contributed by atoms with Crippen LogP contribution < -0.4 is 5.32 Å². The number of nitrogens with one attached hydrogen (secondary N) is 1. The van der Waals surface area contributed by atoms with Gasteiger partial charge in [-0.15, -0.1) is 0 Å². The van der Waals surface area contributed by atoms with E-state index in [4.69, 9.17) is 4.42 Å². The summed E-state index contributed by atoms with van der Waals surface area (Å²) in [6.45, 7) is 8.71. The summed E-state index contributed by atoms with van der Waals surface area (Å²) in [4.78, 5) is 5.19. The molecule has 2 rings (SSSR count). The van der Waals surface area contributed by atoms with E-state index in [0.29, 0.717) is 10.8 Å². The normalized spacial score (nSPS) is 12.6. The highest BCUT2D eigenvalue weighted by atomic mass is 32.2. The Bertz CT molecular complexity index is 593. The van der Waals surface area contributed by atoms with Crippen molar-refractivity contribution in [3.63, 3.8) is 0 Å². The first-order valence-electron chi connectivity index (χ1n) is 7.16. The SMILES string of the molecule is CCCNC(C)c1c(F)cccc1Sc1nc(C)c(C)o1. The minimum Gasteiger partial charge on any atom is -0.436 e. The summed E-state index contributed by atoms with van der Waals surface area (Å²) in [6.07, 6.45) is 1.01. The van der Waals surface area contributed by atoms with Crippen LogP contribution in [0.5, 0.6) is 0 Å². The molecule has 1 unspecified atom stereocenters. The molecule has 1 aromatic heterocycles. The van der Waals surface area contributed by atoms with Crippen molar-refractivity contribution < 1.29 is 8.81 Å². The van der Waals surface area contributed by atoms with Gasteiger partial charge in [-0.05, 0) is 57.6 Å². The van der Waals surface area contributed by atoms with Gasteiger partial charge in [0.25, 0.3) is 5.22 Å². The first-order valence-corrected chi connectivity index (χ1v) is 7.98. The quantitative estimate of drug-likeness (QED) is 0.843. The molecule has 1 aromatic carbocycles. The van der Waals surface area contributed by atoms with Crippen LogP contribution in [0.1, 0.15) is 43.3 Å². The third-order valence-electron chi connectivity index (χ3n) is 3.35. The molecule has 5 heteroatoms. The predicted molar refractivity (Wildman–Crippen MR) is 83.2 cm³/mol. The van der Waals surface area contributed by atoms with Gasteiger partial charge in [-0.2, -0.15) is 0 Å². The Morgan fingerprint density at radius 1 is 1.38 bits per heavy atom. The van der Waals surface area contributed by atoms with E-state index in [2.05, 4.69) is 17.2 Å². The van der Waals surface area contributed by atoms with Gasteiger partial charge < -0.3 is 9.73 Å². The van der Waals surface area contributed by atoms with Crippen LogP contribution in [0.25, 0.3) is 0 Å². The second-order valence-corrected chi connectivity index (χ2v) is 6.04. The number of hydrogen-bond acceptors (Lipinski definition) is 4. The third-order valence-corrected chi connectivity index (χ3v) is 4.28. The lowest BCUT2D eigenvalue weighted by molar-refractivity contribution is 0.430. The minimum atomic E-state index is -0.198. The smallest absolute Gasteiger partial charge is 0.261 e. The van der Waals surface area contributed by atoms with E-state index in [0.717, 1.165) is 29.3 Å². The number of aromatic nitrogens is 1. The van der Waals surface area contributed by atoms with Crippen molar-refractivity contribution in [3.05, 3.63) is 41.0 Å². The lowest BCUT2D eigenvalue weighted by Crippen LogP contribution is -2.20. The van der Waals surface area contributed by atoms with Crippen molar-refractivity contribution >= 4 is 11.8 Å². The molecular weight excluding hydrogens is 287 g/mol. The first kappa shape index (κ1) is 16.0. The number of rotatable bonds is 6. The second kappa shape index (κ2) is 7.09. The number of halogens is 1. The highest BCUT2D eigenvalue weighted by Gasteiger charge is 2.18. The highest BCUT2D eigenvalue weighted by molar-refractivity contribution is 7.99. The molecule has 0 bridgehead atoms. The number of benzene rings is 1. The van der Waals surface area contributed by atoms with Crippen LogP contribution >= 0.6 is 11.8 Å². The Morgan fingerprint density at radius 2 is 2.14 bits per heavy atom. The minimum absolute atomic E-state index is 0.0502. The maximum atomic E-state index is 14.2. The van der Waals surface area contributed by atoms with Crippen molar-refractivity contribution in [1.82, 2.24) is 10.3 Å². The molecule has 0 aliphatic carbocycles. The van der Waals surface area contributed by atoms with Crippen LogP contribution in [0, 0.1) is 19.7 Å². The molecule has 21 heavy (non-hydrogen) atoms. The van der Waals surface area contributed by atoms with E-state index in [1.807, 2.05) is 26.8 Å². The second-order valence-electron chi connectivity index (χ2n) is 5.05.